The van der Waals surface area contributed by atoms with Gasteiger partial charge in [-0.05, 0) is 36.5 Å². The molecule has 1 heterocycles. The number of nitrogens with one attached hydrogen (secondary N) is 1. The van der Waals surface area contributed by atoms with Crippen LogP contribution in [-0.2, 0) is 0 Å². The maximum Gasteiger partial charge on any atom is 0.269 e. The summed E-state index contributed by atoms with van der Waals surface area (Å²) < 4.78 is 1.69. The number of anilines is 1. The number of rotatable bonds is 4. The fraction of sp³-hybridized carbons (Fsp3) is 0.765. The second-order valence-electron chi connectivity index (χ2n) is 8.02. The van der Waals surface area contributed by atoms with Crippen LogP contribution in [0.25, 0.3) is 0 Å². The molecule has 4 nitrogen and oxygen atoms in total. The van der Waals surface area contributed by atoms with E-state index in [1.165, 1.54) is 6.42 Å². The summed E-state index contributed by atoms with van der Waals surface area (Å²) >= 11 is 0. The van der Waals surface area contributed by atoms with Crippen molar-refractivity contribution in [2.24, 2.45) is 10.8 Å². The van der Waals surface area contributed by atoms with Crippen molar-refractivity contribution < 1.29 is 0 Å². The lowest BCUT2D eigenvalue weighted by molar-refractivity contribution is 0.0652. The monoisotopic (exact) mass is 291 g/mol. The average Bonchev–Trinajstić information content (AvgIpc) is 2.32. The van der Waals surface area contributed by atoms with Gasteiger partial charge in [0.25, 0.3) is 5.56 Å². The molecule has 1 aromatic rings. The first-order valence-electron chi connectivity index (χ1n) is 8.05. The highest BCUT2D eigenvalue weighted by atomic mass is 16.1. The van der Waals surface area contributed by atoms with Crippen LogP contribution in [0, 0.1) is 10.8 Å². The van der Waals surface area contributed by atoms with Crippen molar-refractivity contribution >= 4 is 5.69 Å². The maximum atomic E-state index is 12.4. The van der Waals surface area contributed by atoms with Crippen LogP contribution in [0.5, 0.6) is 0 Å². The van der Waals surface area contributed by atoms with Gasteiger partial charge in [0.15, 0.2) is 0 Å². The maximum absolute atomic E-state index is 12.4. The molecule has 1 aromatic heterocycles. The molecule has 0 spiro atoms. The summed E-state index contributed by atoms with van der Waals surface area (Å²) in [5, 5.41) is 7.65. The Kier molecular flexibility index (Phi) is 4.45. The number of hydrogen-bond acceptors (Lipinski definition) is 3. The number of nitrogens with zero attached hydrogens (tertiary/aromatic N) is 2. The van der Waals surface area contributed by atoms with Crippen LogP contribution in [0.2, 0.25) is 0 Å². The summed E-state index contributed by atoms with van der Waals surface area (Å²) in [6.07, 6.45) is 6.05. The van der Waals surface area contributed by atoms with E-state index in [0.29, 0.717) is 0 Å². The van der Waals surface area contributed by atoms with Crippen molar-refractivity contribution in [1.82, 2.24) is 9.78 Å². The standard InChI is InChI=1S/C17H29N3O/c1-6-7-18-13-8-15(21)20(19-11-13)14-9-16(2,3)12-17(4,5)10-14/h8,11,14,18H,6-7,9-10,12H2,1-5H3. The average molecular weight is 291 g/mol. The molecule has 0 radical (unpaired) electrons. The van der Waals surface area contributed by atoms with Crippen LogP contribution in [0.3, 0.4) is 0 Å². The van der Waals surface area contributed by atoms with Crippen LogP contribution < -0.4 is 10.9 Å². The van der Waals surface area contributed by atoms with Crippen molar-refractivity contribution in [3.63, 3.8) is 0 Å². The molecule has 0 aromatic carbocycles. The fourth-order valence-corrected chi connectivity index (χ4v) is 4.02. The fourth-order valence-electron chi connectivity index (χ4n) is 4.02. The van der Waals surface area contributed by atoms with E-state index in [9.17, 15) is 4.79 Å². The van der Waals surface area contributed by atoms with Gasteiger partial charge in [0.05, 0.1) is 17.9 Å². The first kappa shape index (κ1) is 16.1. The first-order chi connectivity index (χ1) is 9.72. The summed E-state index contributed by atoms with van der Waals surface area (Å²) in [5.41, 5.74) is 1.35. The molecule has 1 aliphatic carbocycles. The summed E-state index contributed by atoms with van der Waals surface area (Å²) in [4.78, 5) is 12.4. The van der Waals surface area contributed by atoms with Gasteiger partial charge in [0.1, 0.15) is 0 Å². The van der Waals surface area contributed by atoms with E-state index < -0.39 is 0 Å². The van der Waals surface area contributed by atoms with Crippen LogP contribution in [0.4, 0.5) is 5.69 Å². The predicted octanol–water partition coefficient (Wildman–Crippen LogP) is 3.84. The number of aromatic nitrogens is 2. The van der Waals surface area contributed by atoms with Crippen LogP contribution in [0.1, 0.15) is 66.3 Å². The quantitative estimate of drug-likeness (QED) is 0.916. The van der Waals surface area contributed by atoms with Gasteiger partial charge in [0.2, 0.25) is 0 Å². The molecule has 1 N–H and O–H groups in total. The van der Waals surface area contributed by atoms with Crippen molar-refractivity contribution in [2.75, 3.05) is 11.9 Å². The Bertz CT molecular complexity index is 529. The number of hydrogen-bond donors (Lipinski definition) is 1. The normalized spacial score (nSPS) is 21.2. The summed E-state index contributed by atoms with van der Waals surface area (Å²) in [6.45, 7) is 12.2. The molecular formula is C17H29N3O. The highest BCUT2D eigenvalue weighted by molar-refractivity contribution is 5.38. The molecule has 2 rings (SSSR count). The molecule has 0 unspecified atom stereocenters. The molecule has 0 amide bonds. The van der Waals surface area contributed by atoms with Gasteiger partial charge in [-0.3, -0.25) is 4.79 Å². The third-order valence-electron chi connectivity index (χ3n) is 4.28. The topological polar surface area (TPSA) is 46.9 Å². The summed E-state index contributed by atoms with van der Waals surface area (Å²) in [7, 11) is 0. The van der Waals surface area contributed by atoms with Crippen LogP contribution >= 0.6 is 0 Å². The van der Waals surface area contributed by atoms with Gasteiger partial charge in [-0.1, -0.05) is 34.6 Å². The molecule has 21 heavy (non-hydrogen) atoms. The van der Waals surface area contributed by atoms with Crippen molar-refractivity contribution in [2.45, 2.75) is 66.3 Å². The van der Waals surface area contributed by atoms with Crippen molar-refractivity contribution in [3.05, 3.63) is 22.6 Å². The Morgan fingerprint density at radius 3 is 2.43 bits per heavy atom. The summed E-state index contributed by atoms with van der Waals surface area (Å²) in [5.74, 6) is 0. The van der Waals surface area contributed by atoms with E-state index in [0.717, 1.165) is 31.5 Å². The zero-order chi connectivity index (χ0) is 15.7. The lowest BCUT2D eigenvalue weighted by atomic mass is 9.63. The highest BCUT2D eigenvalue weighted by Gasteiger charge is 2.39. The molecule has 0 bridgehead atoms. The minimum absolute atomic E-state index is 0.00889. The van der Waals surface area contributed by atoms with Gasteiger partial charge in [-0.2, -0.15) is 5.10 Å². The van der Waals surface area contributed by atoms with E-state index in [1.807, 2.05) is 0 Å². The van der Waals surface area contributed by atoms with Gasteiger partial charge < -0.3 is 5.32 Å². The second-order valence-corrected chi connectivity index (χ2v) is 8.02. The van der Waals surface area contributed by atoms with Crippen molar-refractivity contribution in [3.8, 4) is 0 Å². The smallest absolute Gasteiger partial charge is 0.269 e. The molecule has 0 atom stereocenters. The SMILES string of the molecule is CCCNc1cnn(C2CC(C)(C)CC(C)(C)C2)c(=O)c1. The van der Waals surface area contributed by atoms with Gasteiger partial charge in [-0.15, -0.1) is 0 Å². The van der Waals surface area contributed by atoms with E-state index >= 15 is 0 Å². The lowest BCUT2D eigenvalue weighted by Gasteiger charge is -2.44. The molecular weight excluding hydrogens is 262 g/mol. The molecule has 4 heteroatoms. The summed E-state index contributed by atoms with van der Waals surface area (Å²) in [6, 6.07) is 1.88. The first-order valence-corrected chi connectivity index (χ1v) is 8.05. The van der Waals surface area contributed by atoms with E-state index in [1.54, 1.807) is 16.9 Å². The van der Waals surface area contributed by atoms with Crippen LogP contribution in [-0.4, -0.2) is 16.3 Å². The van der Waals surface area contributed by atoms with E-state index in [4.69, 9.17) is 0 Å². The van der Waals surface area contributed by atoms with Crippen LogP contribution in [0.15, 0.2) is 17.1 Å². The Balaban J connectivity index is 2.23. The molecule has 0 aliphatic heterocycles. The zero-order valence-electron chi connectivity index (χ0n) is 14.1. The highest BCUT2D eigenvalue weighted by Crippen LogP contribution is 2.49. The molecule has 118 valence electrons. The Morgan fingerprint density at radius 2 is 1.90 bits per heavy atom. The minimum atomic E-state index is 0.00889. The Hall–Kier alpha value is -1.32. The minimum Gasteiger partial charge on any atom is -0.384 e. The Morgan fingerprint density at radius 1 is 1.29 bits per heavy atom. The van der Waals surface area contributed by atoms with E-state index in [-0.39, 0.29) is 22.4 Å². The largest absolute Gasteiger partial charge is 0.384 e. The zero-order valence-corrected chi connectivity index (χ0v) is 14.1. The second kappa shape index (κ2) is 5.82. The lowest BCUT2D eigenvalue weighted by Crippen LogP contribution is -2.39. The third kappa shape index (κ3) is 4.08. The van der Waals surface area contributed by atoms with Gasteiger partial charge >= 0.3 is 0 Å². The predicted molar refractivity (Wildman–Crippen MR) is 87.7 cm³/mol. The molecule has 1 saturated carbocycles. The molecule has 1 fully saturated rings. The van der Waals surface area contributed by atoms with Gasteiger partial charge in [-0.25, -0.2) is 4.68 Å². The van der Waals surface area contributed by atoms with Gasteiger partial charge in [0, 0.05) is 12.6 Å². The molecule has 1 aliphatic rings. The third-order valence-corrected chi connectivity index (χ3v) is 4.28. The van der Waals surface area contributed by atoms with Crippen molar-refractivity contribution in [1.29, 1.82) is 0 Å². The van der Waals surface area contributed by atoms with E-state index in [2.05, 4.69) is 45.0 Å². The molecule has 0 saturated heterocycles. The Labute approximate surface area is 127 Å².